The van der Waals surface area contributed by atoms with E-state index in [9.17, 15) is 4.79 Å². The molecule has 1 fully saturated rings. The van der Waals surface area contributed by atoms with Gasteiger partial charge in [-0.25, -0.2) is 0 Å². The van der Waals surface area contributed by atoms with Crippen molar-refractivity contribution in [3.8, 4) is 22.3 Å². The number of rotatable bonds is 4. The normalized spacial score (nSPS) is 14.1. The molecule has 6 heteroatoms. The van der Waals surface area contributed by atoms with Crippen LogP contribution in [0.3, 0.4) is 0 Å². The van der Waals surface area contributed by atoms with Gasteiger partial charge in [0.1, 0.15) is 0 Å². The highest BCUT2D eigenvalue weighted by molar-refractivity contribution is 6.02. The second-order valence-corrected chi connectivity index (χ2v) is 7.64. The SMILES string of the molecule is COC1CN(C(=O)c2ccc3nccc(-c4ccc(-c5cnn(C)c5)cc4)c3c2)C1. The summed E-state index contributed by atoms with van der Waals surface area (Å²) in [5.41, 5.74) is 5.90. The summed E-state index contributed by atoms with van der Waals surface area (Å²) in [5.74, 6) is 0.0342. The average molecular weight is 398 g/mol. The van der Waals surface area contributed by atoms with E-state index in [1.807, 2.05) is 54.8 Å². The molecule has 0 radical (unpaired) electrons. The van der Waals surface area contributed by atoms with Gasteiger partial charge in [0.25, 0.3) is 5.91 Å². The number of carbonyl (C=O) groups excluding carboxylic acids is 1. The maximum absolute atomic E-state index is 12.8. The van der Waals surface area contributed by atoms with Crippen molar-refractivity contribution < 1.29 is 9.53 Å². The Bertz CT molecular complexity index is 1220. The number of ether oxygens (including phenoxy) is 1. The summed E-state index contributed by atoms with van der Waals surface area (Å²) in [7, 11) is 3.59. The number of likely N-dealkylation sites (tertiary alicyclic amines) is 1. The number of hydrogen-bond donors (Lipinski definition) is 0. The van der Waals surface area contributed by atoms with Crippen LogP contribution >= 0.6 is 0 Å². The molecule has 1 amide bonds. The van der Waals surface area contributed by atoms with Crippen molar-refractivity contribution in [2.75, 3.05) is 20.2 Å². The van der Waals surface area contributed by atoms with Crippen molar-refractivity contribution in [3.05, 3.63) is 72.7 Å². The first kappa shape index (κ1) is 18.5. The summed E-state index contributed by atoms with van der Waals surface area (Å²) in [4.78, 5) is 19.1. The number of amides is 1. The second-order valence-electron chi connectivity index (χ2n) is 7.64. The first-order chi connectivity index (χ1) is 14.6. The number of aromatic nitrogens is 3. The minimum Gasteiger partial charge on any atom is -0.378 e. The molecule has 0 N–H and O–H groups in total. The van der Waals surface area contributed by atoms with Gasteiger partial charge in [0, 0.05) is 56.2 Å². The Morgan fingerprint density at radius 1 is 1.03 bits per heavy atom. The maximum Gasteiger partial charge on any atom is 0.254 e. The first-order valence-corrected chi connectivity index (χ1v) is 9.92. The van der Waals surface area contributed by atoms with Gasteiger partial charge < -0.3 is 9.64 Å². The minimum absolute atomic E-state index is 0.0342. The molecule has 0 unspecified atom stereocenters. The first-order valence-electron chi connectivity index (χ1n) is 9.92. The number of benzene rings is 2. The summed E-state index contributed by atoms with van der Waals surface area (Å²) >= 11 is 0. The molecule has 5 rings (SSSR count). The number of pyridine rings is 1. The van der Waals surface area contributed by atoms with Crippen molar-refractivity contribution in [1.82, 2.24) is 19.7 Å². The van der Waals surface area contributed by atoms with Gasteiger partial charge >= 0.3 is 0 Å². The molecule has 2 aromatic heterocycles. The largest absolute Gasteiger partial charge is 0.378 e. The van der Waals surface area contributed by atoms with E-state index in [0.29, 0.717) is 18.7 Å². The molecule has 1 saturated heterocycles. The molecule has 30 heavy (non-hydrogen) atoms. The Balaban J connectivity index is 1.49. The Morgan fingerprint density at radius 2 is 1.80 bits per heavy atom. The van der Waals surface area contributed by atoms with E-state index in [1.54, 1.807) is 11.8 Å². The van der Waals surface area contributed by atoms with Crippen LogP contribution in [0.15, 0.2) is 67.1 Å². The number of fused-ring (bicyclic) bond motifs is 1. The van der Waals surface area contributed by atoms with Crippen LogP contribution in [0.25, 0.3) is 33.2 Å². The molecule has 6 nitrogen and oxygen atoms in total. The lowest BCUT2D eigenvalue weighted by Crippen LogP contribution is -2.54. The van der Waals surface area contributed by atoms with Gasteiger partial charge in [0.05, 0.1) is 17.8 Å². The van der Waals surface area contributed by atoms with E-state index in [-0.39, 0.29) is 12.0 Å². The van der Waals surface area contributed by atoms with Gasteiger partial charge in [-0.15, -0.1) is 0 Å². The number of carbonyl (C=O) groups is 1. The van der Waals surface area contributed by atoms with Crippen LogP contribution < -0.4 is 0 Å². The number of nitrogens with zero attached hydrogens (tertiary/aromatic N) is 4. The van der Waals surface area contributed by atoms with Gasteiger partial charge in [-0.3, -0.25) is 14.5 Å². The van der Waals surface area contributed by atoms with Crippen LogP contribution in [0.1, 0.15) is 10.4 Å². The Hall–Kier alpha value is -3.51. The fourth-order valence-corrected chi connectivity index (χ4v) is 3.88. The summed E-state index contributed by atoms with van der Waals surface area (Å²) in [6.45, 7) is 1.28. The van der Waals surface area contributed by atoms with Crippen molar-refractivity contribution >= 4 is 16.8 Å². The minimum atomic E-state index is 0.0342. The number of methoxy groups -OCH3 is 1. The molecule has 1 aliphatic heterocycles. The monoisotopic (exact) mass is 398 g/mol. The average Bonchev–Trinajstić information content (AvgIpc) is 3.18. The zero-order valence-electron chi connectivity index (χ0n) is 16.9. The molecule has 3 heterocycles. The van der Waals surface area contributed by atoms with E-state index >= 15 is 0 Å². The molecule has 0 spiro atoms. The van der Waals surface area contributed by atoms with Crippen LogP contribution in [-0.4, -0.2) is 51.9 Å². The van der Waals surface area contributed by atoms with Crippen LogP contribution in [0.4, 0.5) is 0 Å². The van der Waals surface area contributed by atoms with Crippen LogP contribution in [0.2, 0.25) is 0 Å². The van der Waals surface area contributed by atoms with Gasteiger partial charge in [-0.2, -0.15) is 5.10 Å². The van der Waals surface area contributed by atoms with E-state index in [0.717, 1.165) is 33.2 Å². The van der Waals surface area contributed by atoms with Crippen LogP contribution in [0.5, 0.6) is 0 Å². The number of aryl methyl sites for hydroxylation is 1. The summed E-state index contributed by atoms with van der Waals surface area (Å²) in [5, 5.41) is 5.21. The van der Waals surface area contributed by atoms with Crippen molar-refractivity contribution in [1.29, 1.82) is 0 Å². The van der Waals surface area contributed by atoms with Gasteiger partial charge in [-0.05, 0) is 41.0 Å². The van der Waals surface area contributed by atoms with Crippen LogP contribution in [-0.2, 0) is 11.8 Å². The second kappa shape index (κ2) is 7.39. The summed E-state index contributed by atoms with van der Waals surface area (Å²) < 4.78 is 7.08. The summed E-state index contributed by atoms with van der Waals surface area (Å²) in [6.07, 6.45) is 5.81. The predicted octanol–water partition coefficient (Wildman–Crippen LogP) is 3.77. The highest BCUT2D eigenvalue weighted by Gasteiger charge is 2.31. The van der Waals surface area contributed by atoms with Crippen molar-refractivity contribution in [2.24, 2.45) is 7.05 Å². The highest BCUT2D eigenvalue weighted by atomic mass is 16.5. The maximum atomic E-state index is 12.8. The molecule has 150 valence electrons. The third-order valence-corrected chi connectivity index (χ3v) is 5.69. The lowest BCUT2D eigenvalue weighted by atomic mass is 9.97. The number of hydrogen-bond acceptors (Lipinski definition) is 4. The molecular formula is C24H22N4O2. The molecular weight excluding hydrogens is 376 g/mol. The lowest BCUT2D eigenvalue weighted by molar-refractivity contribution is -0.0191. The standard InChI is InChI=1S/C24H22N4O2/c1-27-13-19(12-26-27)16-3-5-17(6-4-16)21-9-10-25-23-8-7-18(11-22(21)23)24(29)28-14-20(15-28)30-2/h3-13,20H,14-15H2,1-2H3. The third-order valence-electron chi connectivity index (χ3n) is 5.69. The molecule has 2 aromatic carbocycles. The van der Waals surface area contributed by atoms with Crippen LogP contribution in [0, 0.1) is 0 Å². The molecule has 0 aliphatic carbocycles. The van der Waals surface area contributed by atoms with E-state index in [2.05, 4.69) is 34.3 Å². The topological polar surface area (TPSA) is 60.2 Å². The third kappa shape index (κ3) is 3.25. The molecule has 4 aromatic rings. The van der Waals surface area contributed by atoms with E-state index < -0.39 is 0 Å². The van der Waals surface area contributed by atoms with Crippen molar-refractivity contribution in [2.45, 2.75) is 6.10 Å². The van der Waals surface area contributed by atoms with Gasteiger partial charge in [0.15, 0.2) is 0 Å². The zero-order chi connectivity index (χ0) is 20.7. The smallest absolute Gasteiger partial charge is 0.254 e. The Morgan fingerprint density at radius 3 is 2.50 bits per heavy atom. The summed E-state index contributed by atoms with van der Waals surface area (Å²) in [6, 6.07) is 16.1. The van der Waals surface area contributed by atoms with E-state index in [4.69, 9.17) is 4.74 Å². The van der Waals surface area contributed by atoms with E-state index in [1.165, 1.54) is 0 Å². The Labute approximate surface area is 174 Å². The zero-order valence-corrected chi connectivity index (χ0v) is 16.9. The van der Waals surface area contributed by atoms with Gasteiger partial charge in [-0.1, -0.05) is 24.3 Å². The molecule has 0 bridgehead atoms. The quantitative estimate of drug-likeness (QED) is 0.525. The fourth-order valence-electron chi connectivity index (χ4n) is 3.88. The van der Waals surface area contributed by atoms with Crippen molar-refractivity contribution in [3.63, 3.8) is 0 Å². The fraction of sp³-hybridized carbons (Fsp3) is 0.208. The lowest BCUT2D eigenvalue weighted by Gasteiger charge is -2.38. The highest BCUT2D eigenvalue weighted by Crippen LogP contribution is 2.30. The predicted molar refractivity (Wildman–Crippen MR) is 116 cm³/mol. The Kier molecular flexibility index (Phi) is 4.56. The van der Waals surface area contributed by atoms with Gasteiger partial charge in [0.2, 0.25) is 0 Å². The molecule has 0 saturated carbocycles. The molecule has 0 atom stereocenters. The molecule has 1 aliphatic rings.